The van der Waals surface area contributed by atoms with Gasteiger partial charge < -0.3 is 9.64 Å². The molecule has 1 aromatic heterocycles. The fourth-order valence-corrected chi connectivity index (χ4v) is 3.43. The zero-order chi connectivity index (χ0) is 17.7. The first kappa shape index (κ1) is 19.2. The van der Waals surface area contributed by atoms with Crippen molar-refractivity contribution in [2.75, 3.05) is 13.6 Å². The van der Waals surface area contributed by atoms with Crippen LogP contribution in [0, 0.1) is 18.8 Å². The molecule has 0 aliphatic heterocycles. The standard InChI is InChI=1S/C19H30BrN3O/c1-6-23(5)12-21-18-11-17(20)19(22-14(18)4)24-16-9-7-15(8-10-16)13(2)3/h11-13,15-16H,6-10H2,1-5H3/t15-,16+. The number of aromatic nitrogens is 1. The fourth-order valence-electron chi connectivity index (χ4n) is 3.04. The molecule has 1 aromatic rings. The molecule has 1 fully saturated rings. The van der Waals surface area contributed by atoms with Crippen LogP contribution in [0.5, 0.6) is 5.88 Å². The first-order valence-corrected chi connectivity index (χ1v) is 9.78. The Morgan fingerprint density at radius 3 is 2.62 bits per heavy atom. The van der Waals surface area contributed by atoms with Crippen molar-refractivity contribution in [2.24, 2.45) is 16.8 Å². The highest BCUT2D eigenvalue weighted by atomic mass is 79.9. The summed E-state index contributed by atoms with van der Waals surface area (Å²) in [5.41, 5.74) is 1.77. The summed E-state index contributed by atoms with van der Waals surface area (Å²) in [4.78, 5) is 11.2. The molecule has 1 heterocycles. The second kappa shape index (κ2) is 8.84. The Morgan fingerprint density at radius 1 is 1.38 bits per heavy atom. The van der Waals surface area contributed by atoms with Gasteiger partial charge in [0.25, 0.3) is 0 Å². The molecule has 4 nitrogen and oxygen atoms in total. The van der Waals surface area contributed by atoms with Crippen LogP contribution in [0.4, 0.5) is 5.69 Å². The van der Waals surface area contributed by atoms with Gasteiger partial charge in [-0.15, -0.1) is 0 Å². The van der Waals surface area contributed by atoms with Crippen LogP contribution in [0.2, 0.25) is 0 Å². The van der Waals surface area contributed by atoms with Crippen molar-refractivity contribution in [1.29, 1.82) is 0 Å². The predicted octanol–water partition coefficient (Wildman–Crippen LogP) is 5.36. The molecule has 0 aromatic carbocycles. The Hall–Kier alpha value is -1.10. The molecule has 0 amide bonds. The predicted molar refractivity (Wildman–Crippen MR) is 104 cm³/mol. The van der Waals surface area contributed by atoms with Crippen LogP contribution in [-0.4, -0.2) is 35.9 Å². The number of rotatable bonds is 6. The molecule has 5 heteroatoms. The highest BCUT2D eigenvalue weighted by molar-refractivity contribution is 9.10. The van der Waals surface area contributed by atoms with E-state index in [0.717, 1.165) is 47.1 Å². The molecule has 1 saturated carbocycles. The average molecular weight is 396 g/mol. The number of aliphatic imine (C=N–C) groups is 1. The molecule has 0 radical (unpaired) electrons. The lowest BCUT2D eigenvalue weighted by Gasteiger charge is -2.31. The van der Waals surface area contributed by atoms with Crippen LogP contribution in [0.3, 0.4) is 0 Å². The number of halogens is 1. The summed E-state index contributed by atoms with van der Waals surface area (Å²) in [7, 11) is 2.01. The monoisotopic (exact) mass is 395 g/mol. The summed E-state index contributed by atoms with van der Waals surface area (Å²) < 4.78 is 7.06. The summed E-state index contributed by atoms with van der Waals surface area (Å²) >= 11 is 3.59. The number of hydrogen-bond donors (Lipinski definition) is 0. The van der Waals surface area contributed by atoms with E-state index in [1.54, 1.807) is 0 Å². The van der Waals surface area contributed by atoms with Crippen LogP contribution >= 0.6 is 15.9 Å². The summed E-state index contributed by atoms with van der Waals surface area (Å²) in [5.74, 6) is 2.31. The summed E-state index contributed by atoms with van der Waals surface area (Å²) in [6.07, 6.45) is 6.87. The van der Waals surface area contributed by atoms with E-state index in [1.807, 2.05) is 31.3 Å². The zero-order valence-corrected chi connectivity index (χ0v) is 17.1. The van der Waals surface area contributed by atoms with E-state index >= 15 is 0 Å². The third-order valence-corrected chi connectivity index (χ3v) is 5.51. The van der Waals surface area contributed by atoms with Gasteiger partial charge in [-0.3, -0.25) is 0 Å². The zero-order valence-electron chi connectivity index (χ0n) is 15.6. The Bertz CT molecular complexity index is 566. The van der Waals surface area contributed by atoms with Gasteiger partial charge in [-0.25, -0.2) is 9.98 Å². The van der Waals surface area contributed by atoms with Gasteiger partial charge in [-0.2, -0.15) is 0 Å². The second-order valence-corrected chi connectivity index (χ2v) is 7.95. The summed E-state index contributed by atoms with van der Waals surface area (Å²) in [6.45, 7) is 9.65. The Labute approximate surface area is 154 Å². The Kier molecular flexibility index (Phi) is 7.08. The lowest BCUT2D eigenvalue weighted by molar-refractivity contribution is 0.111. The lowest BCUT2D eigenvalue weighted by Crippen LogP contribution is -2.26. The first-order valence-electron chi connectivity index (χ1n) is 8.98. The number of aryl methyl sites for hydroxylation is 1. The van der Waals surface area contributed by atoms with Gasteiger partial charge in [0.2, 0.25) is 5.88 Å². The van der Waals surface area contributed by atoms with Crippen molar-refractivity contribution in [2.45, 2.75) is 59.5 Å². The van der Waals surface area contributed by atoms with Gasteiger partial charge >= 0.3 is 0 Å². The van der Waals surface area contributed by atoms with E-state index in [9.17, 15) is 0 Å². The van der Waals surface area contributed by atoms with Crippen LogP contribution in [0.25, 0.3) is 0 Å². The van der Waals surface area contributed by atoms with Crippen LogP contribution in [-0.2, 0) is 0 Å². The molecule has 1 aliphatic carbocycles. The van der Waals surface area contributed by atoms with Crippen molar-refractivity contribution in [3.63, 3.8) is 0 Å². The maximum atomic E-state index is 6.18. The van der Waals surface area contributed by atoms with Crippen LogP contribution in [0.1, 0.15) is 52.1 Å². The number of hydrogen-bond acceptors (Lipinski definition) is 3. The molecule has 0 unspecified atom stereocenters. The lowest BCUT2D eigenvalue weighted by atomic mass is 9.80. The normalized spacial score (nSPS) is 21.5. The molecule has 0 N–H and O–H groups in total. The molecule has 2 rings (SSSR count). The van der Waals surface area contributed by atoms with Crippen molar-refractivity contribution < 1.29 is 4.74 Å². The maximum Gasteiger partial charge on any atom is 0.228 e. The highest BCUT2D eigenvalue weighted by Crippen LogP contribution is 2.35. The molecule has 134 valence electrons. The minimum Gasteiger partial charge on any atom is -0.474 e. The van der Waals surface area contributed by atoms with Crippen molar-refractivity contribution in [3.05, 3.63) is 16.2 Å². The molecule has 0 saturated heterocycles. The van der Waals surface area contributed by atoms with Gasteiger partial charge in [0, 0.05) is 13.6 Å². The summed E-state index contributed by atoms with van der Waals surface area (Å²) in [6, 6.07) is 2.00. The third kappa shape index (κ3) is 5.20. The van der Waals surface area contributed by atoms with Gasteiger partial charge in [-0.05, 0) is 73.4 Å². The Balaban J connectivity index is 2.02. The second-order valence-electron chi connectivity index (χ2n) is 7.10. The largest absolute Gasteiger partial charge is 0.474 e. The van der Waals surface area contributed by atoms with E-state index in [4.69, 9.17) is 4.74 Å². The first-order chi connectivity index (χ1) is 11.4. The van der Waals surface area contributed by atoms with Crippen molar-refractivity contribution in [3.8, 4) is 5.88 Å². The Morgan fingerprint density at radius 2 is 2.04 bits per heavy atom. The summed E-state index contributed by atoms with van der Waals surface area (Å²) in [5, 5.41) is 0. The van der Waals surface area contributed by atoms with E-state index in [1.165, 1.54) is 12.8 Å². The van der Waals surface area contributed by atoms with E-state index < -0.39 is 0 Å². The molecule has 0 atom stereocenters. The van der Waals surface area contributed by atoms with Crippen LogP contribution < -0.4 is 4.74 Å². The van der Waals surface area contributed by atoms with E-state index in [0.29, 0.717) is 5.88 Å². The molecular weight excluding hydrogens is 366 g/mol. The minimum atomic E-state index is 0.281. The van der Waals surface area contributed by atoms with Gasteiger partial charge in [0.1, 0.15) is 6.10 Å². The quantitative estimate of drug-likeness (QED) is 0.480. The van der Waals surface area contributed by atoms with Gasteiger partial charge in [-0.1, -0.05) is 13.8 Å². The topological polar surface area (TPSA) is 37.7 Å². The number of pyridine rings is 1. The van der Waals surface area contributed by atoms with E-state index in [-0.39, 0.29) is 6.10 Å². The SMILES string of the molecule is CCN(C)C=Nc1cc(Br)c(O[C@H]2CC[C@@H](C(C)C)CC2)nc1C. The average Bonchev–Trinajstić information content (AvgIpc) is 2.56. The van der Waals surface area contributed by atoms with E-state index in [2.05, 4.69) is 46.7 Å². The van der Waals surface area contributed by atoms with Gasteiger partial charge in [0.15, 0.2) is 0 Å². The number of nitrogens with zero attached hydrogens (tertiary/aromatic N) is 3. The van der Waals surface area contributed by atoms with Crippen molar-refractivity contribution >= 4 is 28.0 Å². The minimum absolute atomic E-state index is 0.281. The third-order valence-electron chi connectivity index (χ3n) is 4.94. The number of ether oxygens (including phenoxy) is 1. The molecular formula is C19H30BrN3O. The van der Waals surface area contributed by atoms with Crippen molar-refractivity contribution in [1.82, 2.24) is 9.88 Å². The fraction of sp³-hybridized carbons (Fsp3) is 0.684. The molecule has 0 bridgehead atoms. The molecule has 0 spiro atoms. The smallest absolute Gasteiger partial charge is 0.228 e. The highest BCUT2D eigenvalue weighted by Gasteiger charge is 2.25. The van der Waals surface area contributed by atoms with Gasteiger partial charge in [0.05, 0.1) is 22.2 Å². The maximum absolute atomic E-state index is 6.18. The van der Waals surface area contributed by atoms with Crippen LogP contribution in [0.15, 0.2) is 15.5 Å². The molecule has 24 heavy (non-hydrogen) atoms. The molecule has 1 aliphatic rings.